The van der Waals surface area contributed by atoms with Crippen LogP contribution in [0, 0.1) is 5.92 Å². The number of hydrogen-bond donors (Lipinski definition) is 0. The van der Waals surface area contributed by atoms with Crippen LogP contribution in [0.5, 0.6) is 0 Å². The molecule has 0 aromatic carbocycles. The summed E-state index contributed by atoms with van der Waals surface area (Å²) < 4.78 is 16.8. The molecule has 0 aliphatic heterocycles. The summed E-state index contributed by atoms with van der Waals surface area (Å²) in [5.41, 5.74) is 0. The summed E-state index contributed by atoms with van der Waals surface area (Å²) in [4.78, 5) is 37.8. The fourth-order valence-electron chi connectivity index (χ4n) is 7.69. The highest BCUT2D eigenvalue weighted by Gasteiger charge is 2.19. The van der Waals surface area contributed by atoms with E-state index in [1.54, 1.807) is 0 Å². The van der Waals surface area contributed by atoms with Crippen molar-refractivity contribution in [1.82, 2.24) is 0 Å². The Balaban J connectivity index is 4.23. The second-order valence-corrected chi connectivity index (χ2v) is 17.9. The second kappa shape index (κ2) is 45.5. The molecule has 338 valence electrons. The molecule has 6 nitrogen and oxygen atoms in total. The van der Waals surface area contributed by atoms with Crippen molar-refractivity contribution in [3.8, 4) is 0 Å². The Bertz CT molecular complexity index is 857. The summed E-state index contributed by atoms with van der Waals surface area (Å²) >= 11 is 0. The molecule has 0 aromatic heterocycles. The Morgan fingerprint density at radius 3 is 0.860 bits per heavy atom. The standard InChI is InChI=1S/C51H98O6/c1-5-7-9-11-13-15-17-18-19-20-21-22-23-25-27-31-35-39-43-50(53)56-46-48(57-51(54)44-40-36-32-28-29-33-37-41-47(3)4)45-55-49(52)42-38-34-30-26-24-16-14-12-10-8-6-2/h47-48H,5-46H2,1-4H3/t48-/m0/s1. The van der Waals surface area contributed by atoms with Gasteiger partial charge in [-0.25, -0.2) is 0 Å². The fraction of sp³-hybridized carbons (Fsp3) is 0.941. The van der Waals surface area contributed by atoms with E-state index >= 15 is 0 Å². The summed E-state index contributed by atoms with van der Waals surface area (Å²) in [5.74, 6) is -0.0729. The van der Waals surface area contributed by atoms with E-state index in [0.29, 0.717) is 19.3 Å². The van der Waals surface area contributed by atoms with Crippen molar-refractivity contribution >= 4 is 17.9 Å². The third kappa shape index (κ3) is 45.3. The lowest BCUT2D eigenvalue weighted by atomic mass is 10.0. The van der Waals surface area contributed by atoms with Crippen molar-refractivity contribution in [3.05, 3.63) is 0 Å². The minimum atomic E-state index is -0.760. The van der Waals surface area contributed by atoms with Gasteiger partial charge >= 0.3 is 17.9 Å². The van der Waals surface area contributed by atoms with Crippen LogP contribution in [0.2, 0.25) is 0 Å². The van der Waals surface area contributed by atoms with Crippen LogP contribution in [0.25, 0.3) is 0 Å². The number of rotatable bonds is 46. The molecule has 0 saturated carbocycles. The van der Waals surface area contributed by atoms with Crippen LogP contribution < -0.4 is 0 Å². The first kappa shape index (κ1) is 55.4. The minimum absolute atomic E-state index is 0.0638. The number of unbranched alkanes of at least 4 members (excludes halogenated alkanes) is 33. The maximum Gasteiger partial charge on any atom is 0.306 e. The smallest absolute Gasteiger partial charge is 0.306 e. The second-order valence-electron chi connectivity index (χ2n) is 17.9. The van der Waals surface area contributed by atoms with Gasteiger partial charge in [0.05, 0.1) is 0 Å². The number of esters is 3. The van der Waals surface area contributed by atoms with Crippen LogP contribution in [-0.4, -0.2) is 37.2 Å². The average molecular weight is 807 g/mol. The summed E-state index contributed by atoms with van der Waals surface area (Å²) in [6.45, 7) is 8.97. The van der Waals surface area contributed by atoms with Gasteiger partial charge in [-0.1, -0.05) is 246 Å². The molecule has 0 spiro atoms. The lowest BCUT2D eigenvalue weighted by Gasteiger charge is -2.18. The van der Waals surface area contributed by atoms with Crippen molar-refractivity contribution in [2.75, 3.05) is 13.2 Å². The number of hydrogen-bond acceptors (Lipinski definition) is 6. The summed E-state index contributed by atoms with van der Waals surface area (Å²) in [5, 5.41) is 0. The van der Waals surface area contributed by atoms with Crippen LogP contribution in [-0.2, 0) is 28.6 Å². The van der Waals surface area contributed by atoms with Gasteiger partial charge in [0, 0.05) is 19.3 Å². The number of ether oxygens (including phenoxy) is 3. The molecule has 0 fully saturated rings. The van der Waals surface area contributed by atoms with Gasteiger partial charge in [0.15, 0.2) is 6.10 Å². The van der Waals surface area contributed by atoms with Crippen LogP contribution in [0.4, 0.5) is 0 Å². The summed E-state index contributed by atoms with van der Waals surface area (Å²) in [6, 6.07) is 0. The molecular formula is C51H98O6. The van der Waals surface area contributed by atoms with E-state index in [1.807, 2.05) is 0 Å². The predicted octanol–water partition coefficient (Wildman–Crippen LogP) is 16.3. The highest BCUT2D eigenvalue weighted by molar-refractivity contribution is 5.71. The molecule has 0 radical (unpaired) electrons. The van der Waals surface area contributed by atoms with Crippen LogP contribution in [0.15, 0.2) is 0 Å². The van der Waals surface area contributed by atoms with Gasteiger partial charge in [-0.2, -0.15) is 0 Å². The zero-order valence-electron chi connectivity index (χ0n) is 38.8. The van der Waals surface area contributed by atoms with E-state index in [-0.39, 0.29) is 31.1 Å². The Morgan fingerprint density at radius 1 is 0.333 bits per heavy atom. The monoisotopic (exact) mass is 807 g/mol. The lowest BCUT2D eigenvalue weighted by Crippen LogP contribution is -2.30. The maximum absolute atomic E-state index is 12.7. The van der Waals surface area contributed by atoms with E-state index in [0.717, 1.165) is 63.7 Å². The molecule has 0 aromatic rings. The van der Waals surface area contributed by atoms with Crippen LogP contribution in [0.1, 0.15) is 285 Å². The molecule has 1 atom stereocenters. The van der Waals surface area contributed by atoms with E-state index in [2.05, 4.69) is 27.7 Å². The Hall–Kier alpha value is -1.59. The highest BCUT2D eigenvalue weighted by Crippen LogP contribution is 2.17. The van der Waals surface area contributed by atoms with Crippen molar-refractivity contribution in [2.45, 2.75) is 291 Å². The quantitative estimate of drug-likeness (QED) is 0.0346. The van der Waals surface area contributed by atoms with E-state index < -0.39 is 6.10 Å². The van der Waals surface area contributed by atoms with Gasteiger partial charge in [-0.15, -0.1) is 0 Å². The van der Waals surface area contributed by atoms with E-state index in [1.165, 1.54) is 180 Å². The molecule has 0 aliphatic carbocycles. The van der Waals surface area contributed by atoms with Crippen molar-refractivity contribution < 1.29 is 28.6 Å². The number of carbonyl (C=O) groups is 3. The van der Waals surface area contributed by atoms with Crippen molar-refractivity contribution in [1.29, 1.82) is 0 Å². The molecule has 0 amide bonds. The SMILES string of the molecule is CCCCCCCCCCCCCCCCCCCCC(=O)OC[C@H](COC(=O)CCCCCCCCCCCCC)OC(=O)CCCCCCCCCC(C)C. The van der Waals surface area contributed by atoms with Gasteiger partial charge in [0.2, 0.25) is 0 Å². The zero-order chi connectivity index (χ0) is 41.7. The normalized spacial score (nSPS) is 11.9. The van der Waals surface area contributed by atoms with Crippen LogP contribution >= 0.6 is 0 Å². The topological polar surface area (TPSA) is 78.9 Å². The third-order valence-electron chi connectivity index (χ3n) is 11.5. The largest absolute Gasteiger partial charge is 0.462 e. The first-order valence-electron chi connectivity index (χ1n) is 25.4. The first-order chi connectivity index (χ1) is 27.9. The summed E-state index contributed by atoms with van der Waals surface area (Å²) in [6.07, 6.45) is 46.7. The van der Waals surface area contributed by atoms with Gasteiger partial charge in [-0.3, -0.25) is 14.4 Å². The minimum Gasteiger partial charge on any atom is -0.462 e. The van der Waals surface area contributed by atoms with Gasteiger partial charge in [-0.05, 0) is 25.2 Å². The zero-order valence-corrected chi connectivity index (χ0v) is 38.8. The van der Waals surface area contributed by atoms with Crippen molar-refractivity contribution in [3.63, 3.8) is 0 Å². The maximum atomic E-state index is 12.7. The first-order valence-corrected chi connectivity index (χ1v) is 25.4. The molecule has 0 unspecified atom stereocenters. The van der Waals surface area contributed by atoms with Crippen molar-refractivity contribution in [2.24, 2.45) is 5.92 Å². The lowest BCUT2D eigenvalue weighted by molar-refractivity contribution is -0.167. The molecule has 6 heteroatoms. The predicted molar refractivity (Wildman–Crippen MR) is 243 cm³/mol. The molecule has 0 bridgehead atoms. The Morgan fingerprint density at radius 2 is 0.579 bits per heavy atom. The van der Waals surface area contributed by atoms with Gasteiger partial charge in [0.25, 0.3) is 0 Å². The molecule has 0 aliphatic rings. The summed E-state index contributed by atoms with van der Waals surface area (Å²) in [7, 11) is 0. The number of carbonyl (C=O) groups excluding carboxylic acids is 3. The molecule has 0 heterocycles. The molecular weight excluding hydrogens is 709 g/mol. The molecule has 0 rings (SSSR count). The van der Waals surface area contributed by atoms with E-state index in [9.17, 15) is 14.4 Å². The highest BCUT2D eigenvalue weighted by atomic mass is 16.6. The van der Waals surface area contributed by atoms with E-state index in [4.69, 9.17) is 14.2 Å². The Labute approximate surface area is 355 Å². The molecule has 57 heavy (non-hydrogen) atoms. The van der Waals surface area contributed by atoms with Gasteiger partial charge in [0.1, 0.15) is 13.2 Å². The molecule has 0 N–H and O–H groups in total. The third-order valence-corrected chi connectivity index (χ3v) is 11.5. The Kier molecular flexibility index (Phi) is 44.2. The average Bonchev–Trinajstić information content (AvgIpc) is 3.19. The molecule has 0 saturated heterocycles. The van der Waals surface area contributed by atoms with Crippen LogP contribution in [0.3, 0.4) is 0 Å². The van der Waals surface area contributed by atoms with Gasteiger partial charge < -0.3 is 14.2 Å². The fourth-order valence-corrected chi connectivity index (χ4v) is 7.69.